The van der Waals surface area contributed by atoms with E-state index in [0.29, 0.717) is 12.0 Å². The van der Waals surface area contributed by atoms with Crippen LogP contribution in [0.4, 0.5) is 4.79 Å². The number of rotatable bonds is 4. The zero-order chi connectivity index (χ0) is 19.6. The number of sulfone groups is 1. The van der Waals surface area contributed by atoms with Crippen molar-refractivity contribution in [3.8, 4) is 0 Å². The molecule has 2 atom stereocenters. The van der Waals surface area contributed by atoms with Gasteiger partial charge >= 0.3 is 5.30 Å². The van der Waals surface area contributed by atoms with Crippen molar-refractivity contribution in [2.24, 2.45) is 0 Å². The SMILES string of the molecule is O=C(OCc1ccccc1)S(=O)(=O)C1C[C@H](n2ccnn2)Cc2ccccc21. The highest BCUT2D eigenvalue weighted by Gasteiger charge is 2.41. The van der Waals surface area contributed by atoms with Crippen LogP contribution in [0.1, 0.15) is 34.4 Å². The second-order valence-electron chi connectivity index (χ2n) is 6.73. The van der Waals surface area contributed by atoms with Gasteiger partial charge in [0, 0.05) is 6.20 Å². The Hall–Kier alpha value is -3.00. The lowest BCUT2D eigenvalue weighted by atomic mass is 9.88. The maximum Gasteiger partial charge on any atom is 0.425 e. The van der Waals surface area contributed by atoms with Gasteiger partial charge in [-0.05, 0) is 29.5 Å². The van der Waals surface area contributed by atoms with Gasteiger partial charge in [0.2, 0.25) is 0 Å². The summed E-state index contributed by atoms with van der Waals surface area (Å²) in [4.78, 5) is 12.5. The Balaban J connectivity index is 1.60. The minimum Gasteiger partial charge on any atom is -0.449 e. The second kappa shape index (κ2) is 7.55. The number of aromatic nitrogens is 3. The third kappa shape index (κ3) is 3.55. The fourth-order valence-corrected chi connectivity index (χ4v) is 5.06. The standard InChI is InChI=1S/C20H19N3O4S/c24-20(27-14-15-6-2-1-3-7-15)28(25,26)19-13-17(23-11-10-21-22-23)12-16-8-4-5-9-18(16)19/h1-11,17,19H,12-14H2/t17-,19?/m1/s1. The Labute approximate surface area is 162 Å². The van der Waals surface area contributed by atoms with Crippen molar-refractivity contribution in [1.29, 1.82) is 0 Å². The van der Waals surface area contributed by atoms with Gasteiger partial charge in [-0.3, -0.25) is 0 Å². The lowest BCUT2D eigenvalue weighted by Gasteiger charge is -2.30. The van der Waals surface area contributed by atoms with Gasteiger partial charge in [0.15, 0.2) is 0 Å². The Kier molecular flexibility index (Phi) is 4.95. The molecule has 28 heavy (non-hydrogen) atoms. The molecule has 1 aromatic heterocycles. The number of fused-ring (bicyclic) bond motifs is 1. The summed E-state index contributed by atoms with van der Waals surface area (Å²) in [5.41, 5.74) is 2.27. The molecule has 0 amide bonds. The van der Waals surface area contributed by atoms with E-state index in [1.165, 1.54) is 0 Å². The summed E-state index contributed by atoms with van der Waals surface area (Å²) in [6.45, 7) is -0.0836. The molecule has 0 spiro atoms. The number of benzene rings is 2. The number of hydrogen-bond donors (Lipinski definition) is 0. The summed E-state index contributed by atoms with van der Waals surface area (Å²) < 4.78 is 32.9. The molecule has 0 aliphatic heterocycles. The summed E-state index contributed by atoms with van der Waals surface area (Å²) in [5, 5.41) is 5.64. The average Bonchev–Trinajstić information content (AvgIpc) is 3.26. The first-order valence-corrected chi connectivity index (χ1v) is 10.5. The van der Waals surface area contributed by atoms with Gasteiger partial charge in [-0.2, -0.15) is 0 Å². The van der Waals surface area contributed by atoms with E-state index in [9.17, 15) is 13.2 Å². The summed E-state index contributed by atoms with van der Waals surface area (Å²) in [6, 6.07) is 16.1. The molecule has 1 unspecified atom stereocenters. The molecular weight excluding hydrogens is 378 g/mol. The van der Waals surface area contributed by atoms with Crippen LogP contribution in [0.3, 0.4) is 0 Å². The fraction of sp³-hybridized carbons (Fsp3) is 0.250. The van der Waals surface area contributed by atoms with E-state index < -0.39 is 20.4 Å². The molecule has 4 rings (SSSR count). The molecule has 3 aromatic rings. The molecule has 7 nitrogen and oxygen atoms in total. The van der Waals surface area contributed by atoms with Crippen LogP contribution in [0.2, 0.25) is 0 Å². The molecule has 0 N–H and O–H groups in total. The zero-order valence-electron chi connectivity index (χ0n) is 15.0. The zero-order valence-corrected chi connectivity index (χ0v) is 15.8. The van der Waals surface area contributed by atoms with E-state index >= 15 is 0 Å². The smallest absolute Gasteiger partial charge is 0.425 e. The van der Waals surface area contributed by atoms with Gasteiger partial charge in [-0.25, -0.2) is 17.9 Å². The minimum absolute atomic E-state index is 0.0836. The Bertz CT molecular complexity index is 1070. The molecule has 0 saturated heterocycles. The number of carbonyl (C=O) groups excluding carboxylic acids is 1. The lowest BCUT2D eigenvalue weighted by Crippen LogP contribution is -2.31. The van der Waals surface area contributed by atoms with Crippen LogP contribution in [0, 0.1) is 0 Å². The molecular formula is C20H19N3O4S. The molecule has 8 heteroatoms. The summed E-state index contributed by atoms with van der Waals surface area (Å²) in [6.07, 6.45) is 4.13. The van der Waals surface area contributed by atoms with Gasteiger partial charge in [0.25, 0.3) is 9.84 Å². The maximum atomic E-state index is 13.1. The highest BCUT2D eigenvalue weighted by molar-refractivity contribution is 8.05. The van der Waals surface area contributed by atoms with E-state index in [2.05, 4.69) is 10.3 Å². The molecule has 0 bridgehead atoms. The normalized spacial score (nSPS) is 19.0. The van der Waals surface area contributed by atoms with Crippen molar-refractivity contribution >= 4 is 15.1 Å². The first-order valence-electron chi connectivity index (χ1n) is 8.94. The van der Waals surface area contributed by atoms with Gasteiger partial charge in [-0.1, -0.05) is 59.8 Å². The van der Waals surface area contributed by atoms with Crippen LogP contribution >= 0.6 is 0 Å². The minimum atomic E-state index is -4.19. The van der Waals surface area contributed by atoms with Crippen molar-refractivity contribution < 1.29 is 17.9 Å². The maximum absolute atomic E-state index is 13.1. The van der Waals surface area contributed by atoms with Crippen molar-refractivity contribution in [1.82, 2.24) is 15.0 Å². The molecule has 1 aliphatic carbocycles. The van der Waals surface area contributed by atoms with Gasteiger partial charge in [-0.15, -0.1) is 5.10 Å². The molecule has 1 heterocycles. The monoisotopic (exact) mass is 397 g/mol. The third-order valence-electron chi connectivity index (χ3n) is 4.97. The van der Waals surface area contributed by atoms with Gasteiger partial charge < -0.3 is 4.74 Å². The second-order valence-corrected chi connectivity index (χ2v) is 8.73. The summed E-state index contributed by atoms with van der Waals surface area (Å²) in [5.74, 6) is 0. The van der Waals surface area contributed by atoms with Crippen molar-refractivity contribution in [2.75, 3.05) is 0 Å². The van der Waals surface area contributed by atoms with Crippen molar-refractivity contribution in [2.45, 2.75) is 30.7 Å². The summed E-state index contributed by atoms with van der Waals surface area (Å²) >= 11 is 0. The predicted octanol–water partition coefficient (Wildman–Crippen LogP) is 3.26. The van der Waals surface area contributed by atoms with Gasteiger partial charge in [0.1, 0.15) is 6.61 Å². The molecule has 0 saturated carbocycles. The van der Waals surface area contributed by atoms with E-state index in [1.54, 1.807) is 53.5 Å². The molecule has 144 valence electrons. The quantitative estimate of drug-likeness (QED) is 0.628. The number of hydrogen-bond acceptors (Lipinski definition) is 6. The Morgan fingerprint density at radius 1 is 1.11 bits per heavy atom. The third-order valence-corrected chi connectivity index (χ3v) is 6.74. The number of carbonyl (C=O) groups is 1. The van der Waals surface area contributed by atoms with Crippen LogP contribution in [0.25, 0.3) is 0 Å². The fourth-order valence-electron chi connectivity index (χ4n) is 3.57. The highest BCUT2D eigenvalue weighted by Crippen LogP contribution is 2.41. The highest BCUT2D eigenvalue weighted by atomic mass is 32.2. The van der Waals surface area contributed by atoms with E-state index in [4.69, 9.17) is 4.74 Å². The first-order chi connectivity index (χ1) is 13.6. The molecule has 0 radical (unpaired) electrons. The van der Waals surface area contributed by atoms with Crippen LogP contribution in [0.5, 0.6) is 0 Å². The van der Waals surface area contributed by atoms with E-state index in [-0.39, 0.29) is 19.1 Å². The van der Waals surface area contributed by atoms with Crippen LogP contribution in [-0.4, -0.2) is 28.7 Å². The number of ether oxygens (including phenoxy) is 1. The van der Waals surface area contributed by atoms with Crippen molar-refractivity contribution in [3.63, 3.8) is 0 Å². The molecule has 2 aromatic carbocycles. The van der Waals surface area contributed by atoms with Crippen LogP contribution in [-0.2, 0) is 27.6 Å². The number of nitrogens with zero attached hydrogens (tertiary/aromatic N) is 3. The van der Waals surface area contributed by atoms with Crippen LogP contribution < -0.4 is 0 Å². The Morgan fingerprint density at radius 2 is 1.86 bits per heavy atom. The van der Waals surface area contributed by atoms with E-state index in [0.717, 1.165) is 11.1 Å². The first kappa shape index (κ1) is 18.4. The topological polar surface area (TPSA) is 91.2 Å². The molecule has 0 fully saturated rings. The Morgan fingerprint density at radius 3 is 2.61 bits per heavy atom. The average molecular weight is 397 g/mol. The van der Waals surface area contributed by atoms with Crippen molar-refractivity contribution in [3.05, 3.63) is 83.7 Å². The van der Waals surface area contributed by atoms with E-state index in [1.807, 2.05) is 18.2 Å². The lowest BCUT2D eigenvalue weighted by molar-refractivity contribution is 0.165. The largest absolute Gasteiger partial charge is 0.449 e. The van der Waals surface area contributed by atoms with Crippen LogP contribution in [0.15, 0.2) is 67.0 Å². The molecule has 1 aliphatic rings. The van der Waals surface area contributed by atoms with Gasteiger partial charge in [0.05, 0.1) is 17.5 Å². The summed E-state index contributed by atoms with van der Waals surface area (Å²) in [7, 11) is -4.19. The predicted molar refractivity (Wildman–Crippen MR) is 102 cm³/mol.